The molecule has 5 aromatic rings. The number of carbonyl (C=O) groups is 1. The Morgan fingerprint density at radius 3 is 2.34 bits per heavy atom. The summed E-state index contributed by atoms with van der Waals surface area (Å²) in [5.41, 5.74) is 10.9. The maximum atomic E-state index is 12.7. The average Bonchev–Trinajstić information content (AvgIpc) is 3.55. The van der Waals surface area contributed by atoms with Gasteiger partial charge in [-0.25, -0.2) is 0 Å². The first-order chi connectivity index (χ1) is 17.1. The van der Waals surface area contributed by atoms with E-state index >= 15 is 0 Å². The Bertz CT molecular complexity index is 1530. The summed E-state index contributed by atoms with van der Waals surface area (Å²) in [6, 6.07) is 37.5. The SMILES string of the molecule is N[C@]1(Cc2ccc3ccccc3c2)CC1c1ccc(NC(=O)Cc2cccc3ccccc23)cc1. The van der Waals surface area contributed by atoms with Crippen LogP contribution in [0, 0.1) is 0 Å². The van der Waals surface area contributed by atoms with Crippen LogP contribution in [0.1, 0.15) is 29.0 Å². The summed E-state index contributed by atoms with van der Waals surface area (Å²) in [6.45, 7) is 0. The molecule has 1 amide bonds. The number of hydrogen-bond donors (Lipinski definition) is 2. The number of anilines is 1. The van der Waals surface area contributed by atoms with Crippen LogP contribution in [0.15, 0.2) is 109 Å². The van der Waals surface area contributed by atoms with Gasteiger partial charge < -0.3 is 11.1 Å². The van der Waals surface area contributed by atoms with Crippen LogP contribution in [0.3, 0.4) is 0 Å². The van der Waals surface area contributed by atoms with Crippen LogP contribution in [-0.2, 0) is 17.6 Å². The van der Waals surface area contributed by atoms with Crippen molar-refractivity contribution in [1.29, 1.82) is 0 Å². The van der Waals surface area contributed by atoms with Crippen LogP contribution in [0.2, 0.25) is 0 Å². The van der Waals surface area contributed by atoms with Gasteiger partial charge >= 0.3 is 0 Å². The summed E-state index contributed by atoms with van der Waals surface area (Å²) in [5.74, 6) is 0.333. The van der Waals surface area contributed by atoms with Crippen LogP contribution < -0.4 is 11.1 Å². The van der Waals surface area contributed by atoms with Crippen molar-refractivity contribution in [2.75, 3.05) is 5.32 Å². The van der Waals surface area contributed by atoms with E-state index in [9.17, 15) is 4.79 Å². The van der Waals surface area contributed by atoms with E-state index in [-0.39, 0.29) is 11.4 Å². The van der Waals surface area contributed by atoms with E-state index in [2.05, 4.69) is 78.1 Å². The van der Waals surface area contributed by atoms with Crippen molar-refractivity contribution < 1.29 is 4.79 Å². The minimum absolute atomic E-state index is 0.00926. The second kappa shape index (κ2) is 8.68. The molecule has 5 aromatic carbocycles. The Hall–Kier alpha value is -3.95. The van der Waals surface area contributed by atoms with E-state index in [0.717, 1.165) is 34.9 Å². The Kier molecular flexibility index (Phi) is 5.35. The quantitative estimate of drug-likeness (QED) is 0.302. The maximum absolute atomic E-state index is 12.7. The smallest absolute Gasteiger partial charge is 0.228 e. The largest absolute Gasteiger partial charge is 0.326 e. The van der Waals surface area contributed by atoms with E-state index in [1.807, 2.05) is 36.4 Å². The van der Waals surface area contributed by atoms with E-state index < -0.39 is 0 Å². The van der Waals surface area contributed by atoms with Gasteiger partial charge in [0.05, 0.1) is 6.42 Å². The highest BCUT2D eigenvalue weighted by molar-refractivity contribution is 5.96. The van der Waals surface area contributed by atoms with Crippen LogP contribution in [0.5, 0.6) is 0 Å². The zero-order valence-corrected chi connectivity index (χ0v) is 19.6. The standard InChI is InChI=1S/C32H28N2O/c33-32(20-22-12-13-23-6-1-2-8-26(23)18-22)21-30(32)25-14-16-28(17-15-25)34-31(35)19-27-10-5-9-24-7-3-4-11-29(24)27/h1-18,30H,19-21,33H2,(H,34,35)/t30?,32-/m1/s1. The summed E-state index contributed by atoms with van der Waals surface area (Å²) in [6.07, 6.45) is 2.20. The average molecular weight is 457 g/mol. The Morgan fingerprint density at radius 1 is 0.800 bits per heavy atom. The molecule has 3 nitrogen and oxygen atoms in total. The number of hydrogen-bond acceptors (Lipinski definition) is 2. The summed E-state index contributed by atoms with van der Waals surface area (Å²) in [5, 5.41) is 7.84. The predicted octanol–water partition coefficient (Wildman–Crippen LogP) is 6.60. The molecule has 0 spiro atoms. The van der Waals surface area contributed by atoms with Gasteiger partial charge in [-0.2, -0.15) is 0 Å². The van der Waals surface area contributed by atoms with Crippen molar-refractivity contribution in [3.8, 4) is 0 Å². The number of carbonyl (C=O) groups excluding carboxylic acids is 1. The molecule has 1 saturated carbocycles. The molecule has 172 valence electrons. The normalized spacial score (nSPS) is 19.1. The lowest BCUT2D eigenvalue weighted by Crippen LogP contribution is -2.27. The number of nitrogens with one attached hydrogen (secondary N) is 1. The fourth-order valence-electron chi connectivity index (χ4n) is 5.32. The van der Waals surface area contributed by atoms with Crippen LogP contribution >= 0.6 is 0 Å². The van der Waals surface area contributed by atoms with E-state index in [0.29, 0.717) is 12.3 Å². The first kappa shape index (κ1) is 21.6. The van der Waals surface area contributed by atoms with E-state index in [1.54, 1.807) is 0 Å². The Morgan fingerprint density at radius 2 is 1.51 bits per heavy atom. The lowest BCUT2D eigenvalue weighted by atomic mass is 9.97. The van der Waals surface area contributed by atoms with E-state index in [1.165, 1.54) is 21.9 Å². The molecule has 0 heterocycles. The number of fused-ring (bicyclic) bond motifs is 2. The lowest BCUT2D eigenvalue weighted by molar-refractivity contribution is -0.115. The van der Waals surface area contributed by atoms with Crippen molar-refractivity contribution in [2.45, 2.75) is 30.7 Å². The fourth-order valence-corrected chi connectivity index (χ4v) is 5.32. The van der Waals surface area contributed by atoms with Crippen molar-refractivity contribution in [2.24, 2.45) is 5.73 Å². The van der Waals surface area contributed by atoms with Gasteiger partial charge in [0.15, 0.2) is 0 Å². The van der Waals surface area contributed by atoms with E-state index in [4.69, 9.17) is 5.73 Å². The van der Waals surface area contributed by atoms with Gasteiger partial charge in [-0.15, -0.1) is 0 Å². The molecule has 0 bridgehead atoms. The zero-order valence-electron chi connectivity index (χ0n) is 19.6. The third-order valence-electron chi connectivity index (χ3n) is 7.29. The number of amides is 1. The second-order valence-electron chi connectivity index (χ2n) is 9.83. The van der Waals surface area contributed by atoms with Gasteiger partial charge in [0, 0.05) is 17.1 Å². The van der Waals surface area contributed by atoms with Gasteiger partial charge in [-0.05, 0) is 63.2 Å². The third-order valence-corrected chi connectivity index (χ3v) is 7.29. The predicted molar refractivity (Wildman–Crippen MR) is 145 cm³/mol. The molecular weight excluding hydrogens is 428 g/mol. The minimum Gasteiger partial charge on any atom is -0.326 e. The van der Waals surface area contributed by atoms with Crippen molar-refractivity contribution in [3.05, 3.63) is 126 Å². The molecular formula is C32H28N2O. The maximum Gasteiger partial charge on any atom is 0.228 e. The van der Waals surface area contributed by atoms with Crippen LogP contribution in [-0.4, -0.2) is 11.4 Å². The number of benzene rings is 5. The monoisotopic (exact) mass is 456 g/mol. The summed E-state index contributed by atoms with van der Waals surface area (Å²) < 4.78 is 0. The van der Waals surface area contributed by atoms with Gasteiger partial charge in [0.1, 0.15) is 0 Å². The molecule has 0 aliphatic heterocycles. The number of rotatable bonds is 6. The molecule has 3 heteroatoms. The highest BCUT2D eigenvalue weighted by Gasteiger charge is 2.51. The Balaban J connectivity index is 1.10. The molecule has 3 N–H and O–H groups in total. The van der Waals surface area contributed by atoms with Crippen molar-refractivity contribution in [3.63, 3.8) is 0 Å². The molecule has 1 aliphatic carbocycles. The summed E-state index contributed by atoms with van der Waals surface area (Å²) in [4.78, 5) is 12.7. The van der Waals surface area contributed by atoms with Gasteiger partial charge in [0.2, 0.25) is 5.91 Å². The first-order valence-electron chi connectivity index (χ1n) is 12.2. The zero-order chi connectivity index (χ0) is 23.8. The summed E-state index contributed by atoms with van der Waals surface area (Å²) in [7, 11) is 0. The first-order valence-corrected chi connectivity index (χ1v) is 12.2. The topological polar surface area (TPSA) is 55.1 Å². The molecule has 0 saturated heterocycles. The minimum atomic E-state index is -0.207. The molecule has 1 fully saturated rings. The van der Waals surface area contributed by atoms with Gasteiger partial charge in [0.25, 0.3) is 0 Å². The molecule has 1 aliphatic rings. The number of nitrogens with two attached hydrogens (primary N) is 1. The second-order valence-corrected chi connectivity index (χ2v) is 9.83. The molecule has 0 aromatic heterocycles. The summed E-state index contributed by atoms with van der Waals surface area (Å²) >= 11 is 0. The highest BCUT2D eigenvalue weighted by atomic mass is 16.1. The van der Waals surface area contributed by atoms with Crippen LogP contribution in [0.4, 0.5) is 5.69 Å². The van der Waals surface area contributed by atoms with Gasteiger partial charge in [-0.1, -0.05) is 97.1 Å². The van der Waals surface area contributed by atoms with Crippen molar-refractivity contribution in [1.82, 2.24) is 0 Å². The highest BCUT2D eigenvalue weighted by Crippen LogP contribution is 2.51. The van der Waals surface area contributed by atoms with Gasteiger partial charge in [-0.3, -0.25) is 4.79 Å². The molecule has 6 rings (SSSR count). The lowest BCUT2D eigenvalue weighted by Gasteiger charge is -2.13. The molecule has 1 unspecified atom stereocenters. The molecule has 35 heavy (non-hydrogen) atoms. The molecule has 0 radical (unpaired) electrons. The fraction of sp³-hybridized carbons (Fsp3) is 0.156. The van der Waals surface area contributed by atoms with Crippen LogP contribution in [0.25, 0.3) is 21.5 Å². The van der Waals surface area contributed by atoms with Crippen molar-refractivity contribution >= 4 is 33.1 Å². The third kappa shape index (κ3) is 4.43. The molecule has 2 atom stereocenters. The Labute approximate surface area is 205 Å².